The van der Waals surface area contributed by atoms with Crippen LogP contribution in [0.25, 0.3) is 0 Å². The number of carbonyl (C=O) groups is 1. The number of carboxylic acids is 1. The molecule has 2 unspecified atom stereocenters. The minimum Gasteiger partial charge on any atom is -0.490 e. The van der Waals surface area contributed by atoms with Gasteiger partial charge in [0.2, 0.25) is 0 Å². The summed E-state index contributed by atoms with van der Waals surface area (Å²) >= 11 is 0. The number of nitrogens with zero attached hydrogens (tertiary/aromatic N) is 1. The van der Waals surface area contributed by atoms with E-state index in [0.29, 0.717) is 25.4 Å². The molecular weight excluding hydrogens is 366 g/mol. The van der Waals surface area contributed by atoms with Gasteiger partial charge in [0, 0.05) is 0 Å². The Morgan fingerprint density at radius 1 is 1.10 bits per heavy atom. The molecule has 2 aromatic carbocycles. The quantitative estimate of drug-likeness (QED) is 0.692. The van der Waals surface area contributed by atoms with Crippen LogP contribution < -0.4 is 9.47 Å². The SMILES string of the molecule is CCOc1ccc(C(c2ccccc2C)N2CCCCC2C(=O)O)cc1OCC. The number of aliphatic carboxylic acids is 1. The first kappa shape index (κ1) is 21.2. The summed E-state index contributed by atoms with van der Waals surface area (Å²) in [5.41, 5.74) is 3.31. The first-order valence-electron chi connectivity index (χ1n) is 10.5. The Morgan fingerprint density at radius 3 is 2.52 bits per heavy atom. The van der Waals surface area contributed by atoms with Crippen LogP contribution in [-0.4, -0.2) is 41.8 Å². The van der Waals surface area contributed by atoms with Gasteiger partial charge in [-0.05, 0) is 69.0 Å². The normalized spacial score (nSPS) is 18.2. The van der Waals surface area contributed by atoms with Gasteiger partial charge in [-0.15, -0.1) is 0 Å². The van der Waals surface area contributed by atoms with Crippen LogP contribution in [0, 0.1) is 6.92 Å². The van der Waals surface area contributed by atoms with Crippen molar-refractivity contribution in [1.29, 1.82) is 0 Å². The highest BCUT2D eigenvalue weighted by molar-refractivity contribution is 5.73. The summed E-state index contributed by atoms with van der Waals surface area (Å²) in [6, 6.07) is 13.6. The van der Waals surface area contributed by atoms with E-state index in [0.717, 1.165) is 41.8 Å². The number of aryl methyl sites for hydroxylation is 1. The molecule has 1 fully saturated rings. The highest BCUT2D eigenvalue weighted by Gasteiger charge is 2.35. The zero-order chi connectivity index (χ0) is 20.8. The molecule has 0 aromatic heterocycles. The van der Waals surface area contributed by atoms with Crippen molar-refractivity contribution < 1.29 is 19.4 Å². The van der Waals surface area contributed by atoms with E-state index in [-0.39, 0.29) is 6.04 Å². The van der Waals surface area contributed by atoms with Crippen molar-refractivity contribution in [1.82, 2.24) is 4.90 Å². The molecule has 5 heteroatoms. The molecule has 5 nitrogen and oxygen atoms in total. The Hall–Kier alpha value is -2.53. The number of ether oxygens (including phenoxy) is 2. The third kappa shape index (κ3) is 4.73. The van der Waals surface area contributed by atoms with Crippen LogP contribution in [0.15, 0.2) is 42.5 Å². The fourth-order valence-corrected chi connectivity index (χ4v) is 4.21. The van der Waals surface area contributed by atoms with Crippen molar-refractivity contribution in [3.8, 4) is 11.5 Å². The average molecular weight is 398 g/mol. The number of benzene rings is 2. The largest absolute Gasteiger partial charge is 0.490 e. The Morgan fingerprint density at radius 2 is 1.83 bits per heavy atom. The molecule has 1 aliphatic rings. The lowest BCUT2D eigenvalue weighted by Gasteiger charge is -2.40. The minimum atomic E-state index is -0.751. The predicted octanol–water partition coefficient (Wildman–Crippen LogP) is 4.82. The molecule has 1 saturated heterocycles. The Balaban J connectivity index is 2.12. The second-order valence-corrected chi connectivity index (χ2v) is 7.42. The van der Waals surface area contributed by atoms with Crippen molar-refractivity contribution in [3.63, 3.8) is 0 Å². The number of likely N-dealkylation sites (tertiary alicyclic amines) is 1. The van der Waals surface area contributed by atoms with Crippen molar-refractivity contribution in [3.05, 3.63) is 59.2 Å². The summed E-state index contributed by atoms with van der Waals surface area (Å²) in [7, 11) is 0. The molecule has 1 heterocycles. The van der Waals surface area contributed by atoms with Crippen LogP contribution in [0.2, 0.25) is 0 Å². The van der Waals surface area contributed by atoms with E-state index in [4.69, 9.17) is 9.47 Å². The molecule has 2 aromatic rings. The third-order valence-corrected chi connectivity index (χ3v) is 5.53. The van der Waals surface area contributed by atoms with E-state index in [1.165, 1.54) is 0 Å². The molecule has 0 amide bonds. The van der Waals surface area contributed by atoms with Gasteiger partial charge in [-0.25, -0.2) is 0 Å². The van der Waals surface area contributed by atoms with Gasteiger partial charge >= 0.3 is 5.97 Å². The van der Waals surface area contributed by atoms with Gasteiger partial charge < -0.3 is 14.6 Å². The Kier molecular flexibility index (Phi) is 7.15. The van der Waals surface area contributed by atoms with Crippen molar-refractivity contribution >= 4 is 5.97 Å². The summed E-state index contributed by atoms with van der Waals surface area (Å²) in [6.45, 7) is 7.85. The molecule has 1 aliphatic heterocycles. The standard InChI is InChI=1S/C24H31NO4/c1-4-28-21-14-13-18(16-22(21)29-5-2)23(19-11-7-6-10-17(19)3)25-15-9-8-12-20(25)24(26)27/h6-7,10-11,13-14,16,20,23H,4-5,8-9,12,15H2,1-3H3,(H,26,27). The minimum absolute atomic E-state index is 0.146. The molecule has 156 valence electrons. The zero-order valence-corrected chi connectivity index (χ0v) is 17.6. The third-order valence-electron chi connectivity index (χ3n) is 5.53. The number of piperidine rings is 1. The van der Waals surface area contributed by atoms with Crippen LogP contribution in [0.4, 0.5) is 0 Å². The second-order valence-electron chi connectivity index (χ2n) is 7.42. The van der Waals surface area contributed by atoms with Gasteiger partial charge in [0.15, 0.2) is 11.5 Å². The van der Waals surface area contributed by atoms with Gasteiger partial charge in [0.05, 0.1) is 19.3 Å². The lowest BCUT2D eigenvalue weighted by molar-refractivity contribution is -0.145. The summed E-state index contributed by atoms with van der Waals surface area (Å²) in [4.78, 5) is 14.2. The lowest BCUT2D eigenvalue weighted by Crippen LogP contribution is -2.47. The van der Waals surface area contributed by atoms with E-state index in [9.17, 15) is 9.90 Å². The molecular formula is C24H31NO4. The molecule has 2 atom stereocenters. The number of hydrogen-bond acceptors (Lipinski definition) is 4. The topological polar surface area (TPSA) is 59.0 Å². The van der Waals surface area contributed by atoms with E-state index >= 15 is 0 Å². The maximum atomic E-state index is 12.0. The van der Waals surface area contributed by atoms with Gasteiger partial charge in [-0.3, -0.25) is 9.69 Å². The smallest absolute Gasteiger partial charge is 0.320 e. The average Bonchev–Trinajstić information content (AvgIpc) is 2.72. The van der Waals surface area contributed by atoms with Crippen molar-refractivity contribution in [2.75, 3.05) is 19.8 Å². The molecule has 0 spiro atoms. The Labute approximate surface area is 173 Å². The first-order valence-corrected chi connectivity index (χ1v) is 10.5. The maximum Gasteiger partial charge on any atom is 0.320 e. The molecule has 1 N–H and O–H groups in total. The van der Waals surface area contributed by atoms with E-state index in [1.54, 1.807) is 0 Å². The van der Waals surface area contributed by atoms with Gasteiger partial charge in [-0.2, -0.15) is 0 Å². The number of rotatable bonds is 8. The lowest BCUT2D eigenvalue weighted by atomic mass is 9.89. The van der Waals surface area contributed by atoms with Gasteiger partial charge in [0.25, 0.3) is 0 Å². The van der Waals surface area contributed by atoms with Crippen LogP contribution in [0.5, 0.6) is 11.5 Å². The van der Waals surface area contributed by atoms with E-state index < -0.39 is 12.0 Å². The highest BCUT2D eigenvalue weighted by Crippen LogP contribution is 2.39. The molecule has 0 radical (unpaired) electrons. The monoisotopic (exact) mass is 397 g/mol. The summed E-state index contributed by atoms with van der Waals surface area (Å²) in [5.74, 6) is 0.670. The summed E-state index contributed by atoms with van der Waals surface area (Å²) in [6.07, 6.45) is 2.62. The fourth-order valence-electron chi connectivity index (χ4n) is 4.21. The molecule has 0 aliphatic carbocycles. The van der Waals surface area contributed by atoms with Crippen molar-refractivity contribution in [2.45, 2.75) is 52.1 Å². The number of hydrogen-bond donors (Lipinski definition) is 1. The number of carboxylic acid groups (broad SMARTS) is 1. The molecule has 0 bridgehead atoms. The Bertz CT molecular complexity index is 835. The fraction of sp³-hybridized carbons (Fsp3) is 0.458. The molecule has 3 rings (SSSR count). The van der Waals surface area contributed by atoms with Gasteiger partial charge in [-0.1, -0.05) is 36.8 Å². The molecule has 29 heavy (non-hydrogen) atoms. The second kappa shape index (κ2) is 9.79. The van der Waals surface area contributed by atoms with Crippen LogP contribution >= 0.6 is 0 Å². The highest BCUT2D eigenvalue weighted by atomic mass is 16.5. The van der Waals surface area contributed by atoms with Crippen molar-refractivity contribution in [2.24, 2.45) is 0 Å². The van der Waals surface area contributed by atoms with E-state index in [1.807, 2.05) is 44.2 Å². The summed E-state index contributed by atoms with van der Waals surface area (Å²) in [5, 5.41) is 9.89. The zero-order valence-electron chi connectivity index (χ0n) is 17.6. The van der Waals surface area contributed by atoms with Crippen LogP contribution in [-0.2, 0) is 4.79 Å². The van der Waals surface area contributed by atoms with Gasteiger partial charge in [0.1, 0.15) is 6.04 Å². The maximum absolute atomic E-state index is 12.0. The van der Waals surface area contributed by atoms with E-state index in [2.05, 4.69) is 24.0 Å². The first-order chi connectivity index (χ1) is 14.1. The molecule has 0 saturated carbocycles. The van der Waals surface area contributed by atoms with Crippen LogP contribution in [0.1, 0.15) is 55.8 Å². The van der Waals surface area contributed by atoms with Crippen LogP contribution in [0.3, 0.4) is 0 Å². The summed E-state index contributed by atoms with van der Waals surface area (Å²) < 4.78 is 11.6. The predicted molar refractivity (Wildman–Crippen MR) is 114 cm³/mol.